The molecule has 50 heavy (non-hydrogen) atoms. The van der Waals surface area contributed by atoms with Gasteiger partial charge in [0, 0.05) is 47.3 Å². The molecule has 4 nitrogen and oxygen atoms in total. The predicted molar refractivity (Wildman–Crippen MR) is 210 cm³/mol. The van der Waals surface area contributed by atoms with Gasteiger partial charge in [-0.1, -0.05) is 109 Å². The molecule has 11 aromatic rings. The Bertz CT molecular complexity index is 3220. The van der Waals surface area contributed by atoms with Crippen LogP contribution in [0.3, 0.4) is 0 Å². The Labute approximate surface area is 289 Å². The van der Waals surface area contributed by atoms with Gasteiger partial charge in [-0.2, -0.15) is 0 Å². The standard InChI is InChI=1S/C45H25N3OS/c1-2-10-26(11-3-1)43-46-44-30-23-28(22-29(24-30)33-15-8-16-35-34-14-6-7-19-40(34)50-42(33)35)32-13-5-4-12-31(32)27-20-21-38-37(25-27)41-36(45(47-43)48-44)17-9-18-39(41)49-38/h1-25H. The number of rotatable bonds is 2. The van der Waals surface area contributed by atoms with E-state index in [9.17, 15) is 0 Å². The average Bonchev–Trinajstić information content (AvgIpc) is 3.76. The molecule has 0 aliphatic heterocycles. The van der Waals surface area contributed by atoms with Gasteiger partial charge in [-0.3, -0.25) is 0 Å². The minimum Gasteiger partial charge on any atom is -0.456 e. The lowest BCUT2D eigenvalue weighted by Gasteiger charge is -2.08. The van der Waals surface area contributed by atoms with Gasteiger partial charge < -0.3 is 4.42 Å². The molecule has 4 aromatic heterocycles. The molecule has 5 heteroatoms. The third kappa shape index (κ3) is 4.14. The van der Waals surface area contributed by atoms with Crippen LogP contribution in [0.2, 0.25) is 0 Å². The van der Waals surface area contributed by atoms with Gasteiger partial charge in [0.2, 0.25) is 0 Å². The molecule has 0 unspecified atom stereocenters. The Hall–Kier alpha value is -6.43. The van der Waals surface area contributed by atoms with E-state index in [0.717, 1.165) is 65.4 Å². The summed E-state index contributed by atoms with van der Waals surface area (Å²) in [6.45, 7) is 0. The van der Waals surface area contributed by atoms with Crippen LogP contribution in [0.1, 0.15) is 0 Å². The van der Waals surface area contributed by atoms with Gasteiger partial charge in [-0.25, -0.2) is 15.0 Å². The number of thiophene rings is 1. The quantitative estimate of drug-likeness (QED) is 0.186. The Balaban J connectivity index is 1.38. The molecule has 7 aromatic carbocycles. The number of furan rings is 1. The van der Waals surface area contributed by atoms with E-state index in [0.29, 0.717) is 17.1 Å². The molecule has 0 saturated heterocycles. The predicted octanol–water partition coefficient (Wildman–Crippen LogP) is 12.6. The van der Waals surface area contributed by atoms with Crippen LogP contribution in [0, 0.1) is 0 Å². The highest BCUT2D eigenvalue weighted by atomic mass is 32.1. The molecular formula is C45H25N3OS. The van der Waals surface area contributed by atoms with Crippen molar-refractivity contribution < 1.29 is 4.42 Å². The SMILES string of the molecule is c1ccc(-c2nc3nc(n2)c2cccc4oc5ccc(cc5c42)c2ccccc2c2cc(-c4cccc5c4sc4ccccc45)cc3c2)cc1. The van der Waals surface area contributed by atoms with Crippen LogP contribution >= 0.6 is 11.3 Å². The lowest BCUT2D eigenvalue weighted by Crippen LogP contribution is -1.94. The van der Waals surface area contributed by atoms with Crippen LogP contribution in [0.5, 0.6) is 0 Å². The lowest BCUT2D eigenvalue weighted by atomic mass is 9.97. The summed E-state index contributed by atoms with van der Waals surface area (Å²) in [4.78, 5) is 15.5. The largest absolute Gasteiger partial charge is 0.456 e. The van der Waals surface area contributed by atoms with Crippen molar-refractivity contribution >= 4 is 97.1 Å². The van der Waals surface area contributed by atoms with Crippen molar-refractivity contribution in [1.82, 2.24) is 15.0 Å². The van der Waals surface area contributed by atoms with E-state index < -0.39 is 0 Å². The fraction of sp³-hybridized carbons (Fsp3) is 0. The fourth-order valence-corrected chi connectivity index (χ4v) is 8.79. The monoisotopic (exact) mass is 655 g/mol. The molecule has 0 aliphatic carbocycles. The maximum absolute atomic E-state index is 6.41. The summed E-state index contributed by atoms with van der Waals surface area (Å²) in [5, 5.41) is 11.0. The Morgan fingerprint density at radius 2 is 1.14 bits per heavy atom. The first-order chi connectivity index (χ1) is 24.7. The van der Waals surface area contributed by atoms with Crippen molar-refractivity contribution in [3.63, 3.8) is 0 Å². The minimum atomic E-state index is 0.614. The van der Waals surface area contributed by atoms with Crippen molar-refractivity contribution in [1.29, 1.82) is 0 Å². The highest BCUT2D eigenvalue weighted by Crippen LogP contribution is 2.42. The summed E-state index contributed by atoms with van der Waals surface area (Å²) in [6, 6.07) is 53.6. The van der Waals surface area contributed by atoms with Crippen LogP contribution in [0.15, 0.2) is 156 Å². The Morgan fingerprint density at radius 1 is 0.420 bits per heavy atom. The lowest BCUT2D eigenvalue weighted by molar-refractivity contribution is 0.669. The molecule has 0 aliphatic rings. The van der Waals surface area contributed by atoms with Gasteiger partial charge in [0.05, 0.1) is 0 Å². The molecule has 11 rings (SSSR count). The summed E-state index contributed by atoms with van der Waals surface area (Å²) < 4.78 is 8.97. The molecule has 0 spiro atoms. The summed E-state index contributed by atoms with van der Waals surface area (Å²) in [7, 11) is 0. The molecule has 4 heterocycles. The first-order valence-corrected chi connectivity index (χ1v) is 17.5. The van der Waals surface area contributed by atoms with E-state index in [1.807, 2.05) is 41.7 Å². The van der Waals surface area contributed by atoms with Gasteiger partial charge in [0.1, 0.15) is 11.2 Å². The molecule has 0 saturated carbocycles. The maximum Gasteiger partial charge on any atom is 0.164 e. The van der Waals surface area contributed by atoms with Crippen molar-refractivity contribution in [3.8, 4) is 22.5 Å². The van der Waals surface area contributed by atoms with Gasteiger partial charge in [-0.05, 0) is 75.1 Å². The second kappa shape index (κ2) is 10.5. The summed E-state index contributed by atoms with van der Waals surface area (Å²) in [5.74, 6) is 0.630. The third-order valence-corrected chi connectivity index (χ3v) is 11.1. The molecule has 0 radical (unpaired) electrons. The number of aromatic nitrogens is 3. The number of nitrogens with zero attached hydrogens (tertiary/aromatic N) is 3. The zero-order chi connectivity index (χ0) is 32.8. The van der Waals surface area contributed by atoms with E-state index in [1.165, 1.54) is 25.7 Å². The first-order valence-electron chi connectivity index (χ1n) is 16.7. The topological polar surface area (TPSA) is 51.8 Å². The van der Waals surface area contributed by atoms with Crippen molar-refractivity contribution in [2.24, 2.45) is 0 Å². The Morgan fingerprint density at radius 3 is 2.04 bits per heavy atom. The van der Waals surface area contributed by atoms with Crippen LogP contribution in [-0.4, -0.2) is 15.0 Å². The van der Waals surface area contributed by atoms with E-state index in [4.69, 9.17) is 19.4 Å². The summed E-state index contributed by atoms with van der Waals surface area (Å²) in [5.41, 5.74) is 6.13. The van der Waals surface area contributed by atoms with Crippen molar-refractivity contribution in [3.05, 3.63) is 152 Å². The number of hydrogen-bond donors (Lipinski definition) is 0. The zero-order valence-electron chi connectivity index (χ0n) is 26.6. The van der Waals surface area contributed by atoms with Crippen LogP contribution in [-0.2, 0) is 0 Å². The second-order valence-corrected chi connectivity index (χ2v) is 13.8. The number of benzene rings is 7. The van der Waals surface area contributed by atoms with Gasteiger partial charge in [0.15, 0.2) is 17.1 Å². The number of hydrogen-bond acceptors (Lipinski definition) is 5. The molecule has 0 amide bonds. The van der Waals surface area contributed by atoms with Gasteiger partial charge in [-0.15, -0.1) is 11.3 Å². The molecule has 6 bridgehead atoms. The van der Waals surface area contributed by atoms with Gasteiger partial charge in [0.25, 0.3) is 0 Å². The smallest absolute Gasteiger partial charge is 0.164 e. The molecular weight excluding hydrogens is 631 g/mol. The highest BCUT2D eigenvalue weighted by Gasteiger charge is 2.16. The van der Waals surface area contributed by atoms with Gasteiger partial charge >= 0.3 is 0 Å². The van der Waals surface area contributed by atoms with Crippen LogP contribution in [0.25, 0.3) is 108 Å². The molecule has 0 fully saturated rings. The fourth-order valence-electron chi connectivity index (χ4n) is 7.55. The molecule has 232 valence electrons. The van der Waals surface area contributed by atoms with E-state index in [1.54, 1.807) is 0 Å². The van der Waals surface area contributed by atoms with E-state index in [2.05, 4.69) is 121 Å². The van der Waals surface area contributed by atoms with Crippen LogP contribution < -0.4 is 0 Å². The van der Waals surface area contributed by atoms with Crippen molar-refractivity contribution in [2.75, 3.05) is 0 Å². The summed E-state index contributed by atoms with van der Waals surface area (Å²) in [6.07, 6.45) is 0. The zero-order valence-corrected chi connectivity index (χ0v) is 27.4. The second-order valence-electron chi connectivity index (χ2n) is 12.8. The van der Waals surface area contributed by atoms with E-state index >= 15 is 0 Å². The minimum absolute atomic E-state index is 0.614. The normalized spacial score (nSPS) is 12.0. The third-order valence-electron chi connectivity index (χ3n) is 9.86. The van der Waals surface area contributed by atoms with E-state index in [-0.39, 0.29) is 0 Å². The molecule has 0 atom stereocenters. The molecule has 0 N–H and O–H groups in total. The first kappa shape index (κ1) is 27.5. The van der Waals surface area contributed by atoms with Crippen molar-refractivity contribution in [2.45, 2.75) is 0 Å². The maximum atomic E-state index is 6.41. The Kier molecular flexibility index (Phi) is 5.80. The summed E-state index contributed by atoms with van der Waals surface area (Å²) >= 11 is 1.84. The highest BCUT2D eigenvalue weighted by molar-refractivity contribution is 7.26. The average molecular weight is 656 g/mol. The number of fused-ring (bicyclic) bond motifs is 13. The van der Waals surface area contributed by atoms with Crippen LogP contribution in [0.4, 0.5) is 0 Å².